The van der Waals surface area contributed by atoms with Crippen LogP contribution in [0.1, 0.15) is 6.92 Å². The van der Waals surface area contributed by atoms with Crippen LogP contribution in [-0.4, -0.2) is 5.91 Å². The fourth-order valence-electron chi connectivity index (χ4n) is 2.66. The first-order valence-corrected chi connectivity index (χ1v) is 9.10. The highest BCUT2D eigenvalue weighted by Gasteiger charge is 2.11. The van der Waals surface area contributed by atoms with Gasteiger partial charge in [0.15, 0.2) is 0 Å². The molecule has 1 amide bonds. The Morgan fingerprint density at radius 2 is 1.74 bits per heavy atom. The maximum atomic E-state index is 14.2. The van der Waals surface area contributed by atoms with E-state index in [2.05, 4.69) is 33.2 Å². The Morgan fingerprint density at radius 3 is 2.41 bits per heavy atom. The van der Waals surface area contributed by atoms with Crippen LogP contribution in [0.2, 0.25) is 0 Å². The summed E-state index contributed by atoms with van der Waals surface area (Å²) in [5.74, 6) is -1.60. The van der Waals surface area contributed by atoms with Gasteiger partial charge in [0.2, 0.25) is 5.91 Å². The van der Waals surface area contributed by atoms with Gasteiger partial charge in [-0.15, -0.1) is 0 Å². The van der Waals surface area contributed by atoms with Crippen LogP contribution >= 0.6 is 22.6 Å². The SMILES string of the molecule is CC(=O)Nc1cc(Nc2ccc(I)cc2N)cc(-c2ccc(F)cc2F)c1. The summed E-state index contributed by atoms with van der Waals surface area (Å²) in [6.07, 6.45) is 0. The lowest BCUT2D eigenvalue weighted by atomic mass is 10.0. The van der Waals surface area contributed by atoms with Crippen molar-refractivity contribution in [2.24, 2.45) is 0 Å². The second-order valence-electron chi connectivity index (χ2n) is 5.96. The number of hydrogen-bond donors (Lipinski definition) is 3. The lowest BCUT2D eigenvalue weighted by molar-refractivity contribution is -0.114. The van der Waals surface area contributed by atoms with E-state index in [0.29, 0.717) is 28.3 Å². The van der Waals surface area contributed by atoms with Gasteiger partial charge in [-0.2, -0.15) is 0 Å². The molecule has 4 nitrogen and oxygen atoms in total. The van der Waals surface area contributed by atoms with Crippen molar-refractivity contribution in [1.29, 1.82) is 0 Å². The molecule has 4 N–H and O–H groups in total. The predicted octanol–water partition coefficient (Wildman–Crippen LogP) is 5.52. The van der Waals surface area contributed by atoms with E-state index in [1.165, 1.54) is 19.1 Å². The fourth-order valence-corrected chi connectivity index (χ4v) is 3.17. The molecule has 0 saturated carbocycles. The van der Waals surface area contributed by atoms with Crippen molar-refractivity contribution < 1.29 is 13.6 Å². The summed E-state index contributed by atoms with van der Waals surface area (Å²) in [5, 5.41) is 5.87. The summed E-state index contributed by atoms with van der Waals surface area (Å²) in [4.78, 5) is 11.5. The van der Waals surface area contributed by atoms with Crippen LogP contribution in [0.25, 0.3) is 11.1 Å². The first-order valence-electron chi connectivity index (χ1n) is 8.02. The van der Waals surface area contributed by atoms with Gasteiger partial charge < -0.3 is 16.4 Å². The molecular weight excluding hydrogens is 463 g/mol. The van der Waals surface area contributed by atoms with Crippen LogP contribution in [-0.2, 0) is 4.79 Å². The Balaban J connectivity index is 2.06. The number of anilines is 4. The molecule has 0 bridgehead atoms. The summed E-state index contributed by atoms with van der Waals surface area (Å²) in [6.45, 7) is 1.38. The molecule has 0 aliphatic carbocycles. The summed E-state index contributed by atoms with van der Waals surface area (Å²) >= 11 is 2.16. The number of hydrogen-bond acceptors (Lipinski definition) is 3. The first kappa shape index (κ1) is 19.1. The molecule has 0 fully saturated rings. The van der Waals surface area contributed by atoms with E-state index >= 15 is 0 Å². The monoisotopic (exact) mass is 479 g/mol. The number of carbonyl (C=O) groups is 1. The molecule has 0 aromatic heterocycles. The van der Waals surface area contributed by atoms with E-state index in [1.807, 2.05) is 18.2 Å². The number of rotatable bonds is 4. The number of halogens is 3. The van der Waals surface area contributed by atoms with Gasteiger partial charge >= 0.3 is 0 Å². The van der Waals surface area contributed by atoms with E-state index in [9.17, 15) is 13.6 Å². The number of nitrogens with two attached hydrogens (primary N) is 1. The van der Waals surface area contributed by atoms with Crippen LogP contribution in [0, 0.1) is 15.2 Å². The van der Waals surface area contributed by atoms with Gasteiger partial charge in [0.05, 0.1) is 11.4 Å². The van der Waals surface area contributed by atoms with Crippen molar-refractivity contribution in [3.05, 3.63) is 69.8 Å². The lowest BCUT2D eigenvalue weighted by Gasteiger charge is -2.14. The standard InChI is InChI=1S/C20H16F2IN3O/c1-11(27)25-15-6-12(17-4-2-13(21)8-18(17)22)7-16(10-15)26-20-5-3-14(23)9-19(20)24/h2-10,26H,24H2,1H3,(H,25,27). The van der Waals surface area contributed by atoms with E-state index < -0.39 is 11.6 Å². The third-order valence-corrected chi connectivity index (χ3v) is 4.46. The van der Waals surface area contributed by atoms with Crippen molar-refractivity contribution >= 4 is 51.2 Å². The van der Waals surface area contributed by atoms with Crippen molar-refractivity contribution in [2.75, 3.05) is 16.4 Å². The molecule has 27 heavy (non-hydrogen) atoms. The molecule has 0 aliphatic rings. The number of nitrogens with one attached hydrogen (secondary N) is 2. The maximum Gasteiger partial charge on any atom is 0.221 e. The van der Waals surface area contributed by atoms with Gasteiger partial charge in [-0.05, 0) is 76.7 Å². The molecule has 3 aromatic carbocycles. The number of benzene rings is 3. The molecule has 0 heterocycles. The maximum absolute atomic E-state index is 14.2. The van der Waals surface area contributed by atoms with Crippen molar-refractivity contribution in [3.63, 3.8) is 0 Å². The number of carbonyl (C=O) groups excluding carboxylic acids is 1. The fraction of sp³-hybridized carbons (Fsp3) is 0.0500. The molecule has 0 saturated heterocycles. The van der Waals surface area contributed by atoms with Crippen LogP contribution < -0.4 is 16.4 Å². The Hall–Kier alpha value is -2.68. The predicted molar refractivity (Wildman–Crippen MR) is 113 cm³/mol. The van der Waals surface area contributed by atoms with E-state index in [-0.39, 0.29) is 11.5 Å². The Bertz CT molecular complexity index is 1020. The highest BCUT2D eigenvalue weighted by molar-refractivity contribution is 14.1. The van der Waals surface area contributed by atoms with Crippen LogP contribution in [0.3, 0.4) is 0 Å². The topological polar surface area (TPSA) is 67.2 Å². The summed E-state index contributed by atoms with van der Waals surface area (Å²) in [6, 6.07) is 14.0. The van der Waals surface area contributed by atoms with Crippen molar-refractivity contribution in [3.8, 4) is 11.1 Å². The summed E-state index contributed by atoms with van der Waals surface area (Å²) < 4.78 is 28.5. The molecule has 138 valence electrons. The zero-order valence-corrected chi connectivity index (χ0v) is 16.5. The summed E-state index contributed by atoms with van der Waals surface area (Å²) in [5.41, 5.74) is 9.08. The smallest absolute Gasteiger partial charge is 0.221 e. The number of nitrogen functional groups attached to an aromatic ring is 1. The molecule has 3 rings (SSSR count). The minimum Gasteiger partial charge on any atom is -0.397 e. The molecule has 7 heteroatoms. The average molecular weight is 479 g/mol. The Kier molecular flexibility index (Phi) is 5.59. The van der Waals surface area contributed by atoms with E-state index in [0.717, 1.165) is 9.64 Å². The van der Waals surface area contributed by atoms with Gasteiger partial charge in [-0.1, -0.05) is 0 Å². The van der Waals surface area contributed by atoms with E-state index in [4.69, 9.17) is 5.73 Å². The zero-order valence-electron chi connectivity index (χ0n) is 14.3. The zero-order chi connectivity index (χ0) is 19.6. The average Bonchev–Trinajstić information content (AvgIpc) is 2.56. The normalized spacial score (nSPS) is 10.5. The quantitative estimate of drug-likeness (QED) is 0.341. The minimum atomic E-state index is -0.685. The molecular formula is C20H16F2IN3O. The van der Waals surface area contributed by atoms with Gasteiger partial charge in [0.1, 0.15) is 11.6 Å². The lowest BCUT2D eigenvalue weighted by Crippen LogP contribution is -2.06. The molecule has 3 aromatic rings. The minimum absolute atomic E-state index is 0.224. The third-order valence-electron chi connectivity index (χ3n) is 3.79. The van der Waals surface area contributed by atoms with Gasteiger partial charge in [-0.3, -0.25) is 4.79 Å². The molecule has 0 radical (unpaired) electrons. The first-order chi connectivity index (χ1) is 12.8. The largest absolute Gasteiger partial charge is 0.397 e. The summed E-state index contributed by atoms with van der Waals surface area (Å²) in [7, 11) is 0. The molecule has 0 unspecified atom stereocenters. The number of amides is 1. The van der Waals surface area contributed by atoms with Gasteiger partial charge in [0, 0.05) is 33.5 Å². The van der Waals surface area contributed by atoms with Gasteiger partial charge in [0.25, 0.3) is 0 Å². The second-order valence-corrected chi connectivity index (χ2v) is 7.21. The van der Waals surface area contributed by atoms with E-state index in [1.54, 1.807) is 18.2 Å². The van der Waals surface area contributed by atoms with Crippen LogP contribution in [0.4, 0.5) is 31.5 Å². The molecule has 0 aliphatic heterocycles. The third kappa shape index (κ3) is 4.73. The highest BCUT2D eigenvalue weighted by atomic mass is 127. The van der Waals surface area contributed by atoms with Gasteiger partial charge in [-0.25, -0.2) is 8.78 Å². The van der Waals surface area contributed by atoms with Crippen LogP contribution in [0.15, 0.2) is 54.6 Å². The molecule has 0 atom stereocenters. The van der Waals surface area contributed by atoms with Crippen LogP contribution in [0.5, 0.6) is 0 Å². The Labute approximate surface area is 168 Å². The Morgan fingerprint density at radius 1 is 1.00 bits per heavy atom. The molecule has 0 spiro atoms. The second kappa shape index (κ2) is 7.91. The highest BCUT2D eigenvalue weighted by Crippen LogP contribution is 2.32. The van der Waals surface area contributed by atoms with Crippen molar-refractivity contribution in [1.82, 2.24) is 0 Å². The van der Waals surface area contributed by atoms with Crippen molar-refractivity contribution in [2.45, 2.75) is 6.92 Å².